The number of hydrogen-bond acceptors (Lipinski definition) is 3. The van der Waals surface area contributed by atoms with Crippen molar-refractivity contribution in [3.05, 3.63) is 60.2 Å². The zero-order chi connectivity index (χ0) is 16.1. The predicted molar refractivity (Wildman–Crippen MR) is 89.7 cm³/mol. The van der Waals surface area contributed by atoms with Gasteiger partial charge in [0.1, 0.15) is 5.82 Å². The predicted octanol–water partition coefficient (Wildman–Crippen LogP) is 1.86. The Balaban J connectivity index is 1.54. The van der Waals surface area contributed by atoms with E-state index in [-0.39, 0.29) is 5.82 Å². The molecule has 1 aromatic carbocycles. The van der Waals surface area contributed by atoms with Gasteiger partial charge in [-0.15, -0.1) is 0 Å². The Bertz CT molecular complexity index is 648. The molecule has 0 amide bonds. The number of benzene rings is 1. The topological polar surface area (TPSA) is 57.8 Å². The maximum Gasteiger partial charge on any atom is 0.191 e. The zero-order valence-electron chi connectivity index (χ0n) is 12.9. The van der Waals surface area contributed by atoms with Crippen molar-refractivity contribution in [2.45, 2.75) is 6.54 Å². The number of nitrogens with two attached hydrogens (primary N) is 1. The van der Waals surface area contributed by atoms with Gasteiger partial charge in [-0.3, -0.25) is 4.98 Å². The number of rotatable bonds is 3. The molecular formula is C17H20FN5. The zero-order valence-corrected chi connectivity index (χ0v) is 12.9. The van der Waals surface area contributed by atoms with Crippen LogP contribution in [0.15, 0.2) is 53.8 Å². The van der Waals surface area contributed by atoms with Crippen molar-refractivity contribution in [3.8, 4) is 0 Å². The van der Waals surface area contributed by atoms with Gasteiger partial charge in [0.25, 0.3) is 0 Å². The number of aliphatic imine (C=N–C) groups is 1. The Morgan fingerprint density at radius 1 is 1.13 bits per heavy atom. The number of hydrogen-bond donors (Lipinski definition) is 1. The van der Waals surface area contributed by atoms with Crippen molar-refractivity contribution in [2.75, 3.05) is 31.1 Å². The first-order chi connectivity index (χ1) is 11.2. The number of anilines is 1. The van der Waals surface area contributed by atoms with E-state index in [1.54, 1.807) is 12.4 Å². The molecule has 0 spiro atoms. The molecule has 2 heterocycles. The summed E-state index contributed by atoms with van der Waals surface area (Å²) in [6, 6.07) is 10.5. The summed E-state index contributed by atoms with van der Waals surface area (Å²) in [7, 11) is 0. The molecule has 2 aromatic rings. The number of nitrogens with zero attached hydrogens (tertiary/aromatic N) is 4. The molecular weight excluding hydrogens is 293 g/mol. The van der Waals surface area contributed by atoms with E-state index in [0.29, 0.717) is 12.5 Å². The largest absolute Gasteiger partial charge is 0.370 e. The minimum absolute atomic E-state index is 0.209. The molecule has 5 nitrogen and oxygen atoms in total. The lowest BCUT2D eigenvalue weighted by Crippen LogP contribution is -2.51. The highest BCUT2D eigenvalue weighted by Crippen LogP contribution is 2.16. The summed E-state index contributed by atoms with van der Waals surface area (Å²) in [5.74, 6) is 0.353. The molecule has 0 atom stereocenters. The van der Waals surface area contributed by atoms with Gasteiger partial charge in [0.2, 0.25) is 0 Å². The monoisotopic (exact) mass is 313 g/mol. The summed E-state index contributed by atoms with van der Waals surface area (Å²) in [5.41, 5.74) is 8.17. The van der Waals surface area contributed by atoms with Crippen molar-refractivity contribution in [2.24, 2.45) is 10.7 Å². The molecule has 23 heavy (non-hydrogen) atoms. The van der Waals surface area contributed by atoms with Crippen molar-refractivity contribution in [3.63, 3.8) is 0 Å². The van der Waals surface area contributed by atoms with Gasteiger partial charge in [0, 0.05) is 44.3 Å². The molecule has 1 saturated heterocycles. The van der Waals surface area contributed by atoms with Crippen LogP contribution in [0.3, 0.4) is 0 Å². The van der Waals surface area contributed by atoms with Crippen LogP contribution in [0.5, 0.6) is 0 Å². The number of piperazine rings is 1. The summed E-state index contributed by atoms with van der Waals surface area (Å²) in [6.45, 7) is 3.83. The van der Waals surface area contributed by atoms with Crippen LogP contribution in [0.4, 0.5) is 10.1 Å². The van der Waals surface area contributed by atoms with E-state index >= 15 is 0 Å². The first-order valence-electron chi connectivity index (χ1n) is 7.66. The molecule has 0 bridgehead atoms. The molecule has 0 aliphatic carbocycles. The second-order valence-corrected chi connectivity index (χ2v) is 5.49. The summed E-state index contributed by atoms with van der Waals surface area (Å²) in [6.07, 6.45) is 3.54. The first kappa shape index (κ1) is 15.3. The fourth-order valence-corrected chi connectivity index (χ4v) is 2.61. The van der Waals surface area contributed by atoms with Crippen LogP contribution < -0.4 is 10.6 Å². The Morgan fingerprint density at radius 2 is 1.87 bits per heavy atom. The van der Waals surface area contributed by atoms with Crippen LogP contribution in [0.1, 0.15) is 5.56 Å². The van der Waals surface area contributed by atoms with Gasteiger partial charge in [-0.05, 0) is 35.9 Å². The third-order valence-corrected chi connectivity index (χ3v) is 3.94. The molecule has 1 aromatic heterocycles. The Hall–Kier alpha value is -2.63. The second-order valence-electron chi connectivity index (χ2n) is 5.49. The highest BCUT2D eigenvalue weighted by molar-refractivity contribution is 5.78. The number of pyridine rings is 1. The average Bonchev–Trinajstić information content (AvgIpc) is 2.61. The first-order valence-corrected chi connectivity index (χ1v) is 7.66. The molecule has 0 radical (unpaired) electrons. The van der Waals surface area contributed by atoms with E-state index in [0.717, 1.165) is 37.4 Å². The Morgan fingerprint density at radius 3 is 2.52 bits per heavy atom. The Labute approximate surface area is 135 Å². The van der Waals surface area contributed by atoms with E-state index in [9.17, 15) is 4.39 Å². The summed E-state index contributed by atoms with van der Waals surface area (Å²) in [4.78, 5) is 12.8. The summed E-state index contributed by atoms with van der Waals surface area (Å²) >= 11 is 0. The molecule has 1 aliphatic heterocycles. The van der Waals surface area contributed by atoms with E-state index < -0.39 is 0 Å². The van der Waals surface area contributed by atoms with E-state index in [1.807, 2.05) is 24.3 Å². The lowest BCUT2D eigenvalue weighted by molar-refractivity contribution is 0.380. The lowest BCUT2D eigenvalue weighted by Gasteiger charge is -2.36. The van der Waals surface area contributed by atoms with E-state index in [1.165, 1.54) is 12.1 Å². The second kappa shape index (κ2) is 7.09. The smallest absolute Gasteiger partial charge is 0.191 e. The lowest BCUT2D eigenvalue weighted by atomic mass is 10.2. The maximum atomic E-state index is 13.0. The third-order valence-electron chi connectivity index (χ3n) is 3.94. The third kappa shape index (κ3) is 3.97. The highest BCUT2D eigenvalue weighted by Gasteiger charge is 2.18. The Kier molecular flexibility index (Phi) is 4.71. The van der Waals surface area contributed by atoms with Crippen LogP contribution in [0, 0.1) is 5.82 Å². The van der Waals surface area contributed by atoms with Crippen molar-refractivity contribution < 1.29 is 4.39 Å². The van der Waals surface area contributed by atoms with Gasteiger partial charge in [0.05, 0.1) is 6.54 Å². The van der Waals surface area contributed by atoms with Crippen LogP contribution in [-0.2, 0) is 6.54 Å². The van der Waals surface area contributed by atoms with Gasteiger partial charge >= 0.3 is 0 Å². The summed E-state index contributed by atoms with van der Waals surface area (Å²) in [5, 5.41) is 0. The maximum absolute atomic E-state index is 13.0. The van der Waals surface area contributed by atoms with Gasteiger partial charge < -0.3 is 15.5 Å². The molecule has 6 heteroatoms. The number of guanidine groups is 1. The van der Waals surface area contributed by atoms with Gasteiger partial charge in [-0.25, -0.2) is 9.38 Å². The highest BCUT2D eigenvalue weighted by atomic mass is 19.1. The molecule has 0 saturated carbocycles. The molecule has 1 aliphatic rings. The van der Waals surface area contributed by atoms with E-state index in [4.69, 9.17) is 5.73 Å². The minimum atomic E-state index is -0.209. The van der Waals surface area contributed by atoms with Crippen molar-refractivity contribution >= 4 is 11.6 Å². The van der Waals surface area contributed by atoms with Crippen LogP contribution in [-0.4, -0.2) is 42.0 Å². The minimum Gasteiger partial charge on any atom is -0.370 e. The van der Waals surface area contributed by atoms with E-state index in [2.05, 4.69) is 19.8 Å². The molecule has 1 fully saturated rings. The fraction of sp³-hybridized carbons (Fsp3) is 0.294. The normalized spacial score (nSPS) is 15.8. The standard InChI is InChI=1S/C17H20FN5/c18-15-3-5-16(6-4-15)22-8-10-23(11-9-22)17(19)21-13-14-2-1-7-20-12-14/h1-7,12H,8-11,13H2,(H2,19,21). The van der Waals surface area contributed by atoms with Crippen LogP contribution in [0.25, 0.3) is 0 Å². The average molecular weight is 313 g/mol. The number of aromatic nitrogens is 1. The molecule has 120 valence electrons. The van der Waals surface area contributed by atoms with Crippen LogP contribution >= 0.6 is 0 Å². The van der Waals surface area contributed by atoms with Gasteiger partial charge in [-0.1, -0.05) is 6.07 Å². The molecule has 2 N–H and O–H groups in total. The quantitative estimate of drug-likeness (QED) is 0.694. The number of halogens is 1. The van der Waals surface area contributed by atoms with Crippen molar-refractivity contribution in [1.29, 1.82) is 0 Å². The molecule has 3 rings (SSSR count). The summed E-state index contributed by atoms with van der Waals surface area (Å²) < 4.78 is 13.0. The SMILES string of the molecule is NC(=NCc1cccnc1)N1CCN(c2ccc(F)cc2)CC1. The van der Waals surface area contributed by atoms with Gasteiger partial charge in [-0.2, -0.15) is 0 Å². The van der Waals surface area contributed by atoms with Crippen molar-refractivity contribution in [1.82, 2.24) is 9.88 Å². The van der Waals surface area contributed by atoms with Gasteiger partial charge in [0.15, 0.2) is 5.96 Å². The molecule has 0 unspecified atom stereocenters. The van der Waals surface area contributed by atoms with Crippen LogP contribution in [0.2, 0.25) is 0 Å². The fourth-order valence-electron chi connectivity index (χ4n) is 2.61.